The highest BCUT2D eigenvalue weighted by atomic mass is 16.4. The van der Waals surface area contributed by atoms with Crippen molar-refractivity contribution in [3.8, 4) is 0 Å². The van der Waals surface area contributed by atoms with Crippen LogP contribution in [0.3, 0.4) is 0 Å². The Balaban J connectivity index is 2.87. The summed E-state index contributed by atoms with van der Waals surface area (Å²) in [5.41, 5.74) is -0.560. The van der Waals surface area contributed by atoms with Gasteiger partial charge in [0.25, 0.3) is 0 Å². The molecule has 4 nitrogen and oxygen atoms in total. The van der Waals surface area contributed by atoms with Crippen LogP contribution in [0.1, 0.15) is 53.4 Å². The largest absolute Gasteiger partial charge is 0.481 e. The highest BCUT2D eigenvalue weighted by molar-refractivity contribution is 5.97. The summed E-state index contributed by atoms with van der Waals surface area (Å²) in [7, 11) is 1.76. The third-order valence-corrected chi connectivity index (χ3v) is 4.27. The molecule has 1 N–H and O–H groups in total. The zero-order valence-electron chi connectivity index (χ0n) is 12.8. The Kier molecular flexibility index (Phi) is 4.99. The summed E-state index contributed by atoms with van der Waals surface area (Å²) >= 11 is 0. The van der Waals surface area contributed by atoms with E-state index in [-0.39, 0.29) is 11.9 Å². The van der Waals surface area contributed by atoms with Crippen LogP contribution in [0.2, 0.25) is 0 Å². The molecule has 110 valence electrons. The lowest BCUT2D eigenvalue weighted by Gasteiger charge is -2.39. The number of carboxylic acid groups (broad SMARTS) is 1. The summed E-state index contributed by atoms with van der Waals surface area (Å²) in [6.07, 6.45) is 4.44. The van der Waals surface area contributed by atoms with Crippen LogP contribution in [0.25, 0.3) is 0 Å². The van der Waals surface area contributed by atoms with Crippen LogP contribution in [0.5, 0.6) is 0 Å². The van der Waals surface area contributed by atoms with Crippen LogP contribution in [-0.2, 0) is 9.59 Å². The van der Waals surface area contributed by atoms with E-state index in [4.69, 9.17) is 0 Å². The quantitative estimate of drug-likeness (QED) is 0.801. The first-order valence-corrected chi connectivity index (χ1v) is 7.15. The van der Waals surface area contributed by atoms with E-state index in [9.17, 15) is 14.7 Å². The summed E-state index contributed by atoms with van der Waals surface area (Å²) in [4.78, 5) is 25.6. The van der Waals surface area contributed by atoms with E-state index in [1.165, 1.54) is 6.42 Å². The van der Waals surface area contributed by atoms with E-state index in [0.29, 0.717) is 5.92 Å². The van der Waals surface area contributed by atoms with Crippen molar-refractivity contribution in [1.29, 1.82) is 0 Å². The predicted molar refractivity (Wildman–Crippen MR) is 74.8 cm³/mol. The van der Waals surface area contributed by atoms with Crippen LogP contribution >= 0.6 is 0 Å². The number of carbonyl (C=O) groups is 2. The van der Waals surface area contributed by atoms with Crippen molar-refractivity contribution in [1.82, 2.24) is 4.90 Å². The minimum atomic E-state index is -1.02. The standard InChI is InChI=1S/C15H27NO3/c1-10-8-6-7-9-11(10)16(5)13(17)12(14(18)19)15(2,3)4/h10-12H,6-9H2,1-5H3,(H,18,19). The molecule has 1 rings (SSSR count). The molecule has 0 aromatic rings. The SMILES string of the molecule is CC1CCCCC1N(C)C(=O)C(C(=O)O)C(C)(C)C. The summed E-state index contributed by atoms with van der Waals surface area (Å²) in [6.45, 7) is 7.58. The van der Waals surface area contributed by atoms with Gasteiger partial charge in [-0.15, -0.1) is 0 Å². The normalized spacial score (nSPS) is 25.7. The molecule has 0 spiro atoms. The number of aliphatic carboxylic acids is 1. The summed E-state index contributed by atoms with van der Waals surface area (Å²) in [6, 6.07) is 0.186. The Morgan fingerprint density at radius 3 is 2.16 bits per heavy atom. The Bertz CT molecular complexity index is 346. The highest BCUT2D eigenvalue weighted by Gasteiger charge is 2.41. The van der Waals surface area contributed by atoms with Gasteiger partial charge in [-0.05, 0) is 24.2 Å². The lowest BCUT2D eigenvalue weighted by molar-refractivity contribution is -0.157. The molecule has 19 heavy (non-hydrogen) atoms. The van der Waals surface area contributed by atoms with Crippen LogP contribution in [0.15, 0.2) is 0 Å². The molecule has 0 aromatic carbocycles. The Hall–Kier alpha value is -1.06. The average molecular weight is 269 g/mol. The van der Waals surface area contributed by atoms with Crippen LogP contribution in [-0.4, -0.2) is 35.0 Å². The van der Waals surface area contributed by atoms with Crippen molar-refractivity contribution < 1.29 is 14.7 Å². The van der Waals surface area contributed by atoms with Gasteiger partial charge in [0.1, 0.15) is 5.92 Å². The van der Waals surface area contributed by atoms with E-state index >= 15 is 0 Å². The molecule has 0 bridgehead atoms. The highest BCUT2D eigenvalue weighted by Crippen LogP contribution is 2.32. The number of nitrogens with zero attached hydrogens (tertiary/aromatic N) is 1. The van der Waals surface area contributed by atoms with Gasteiger partial charge in [-0.25, -0.2) is 0 Å². The molecule has 0 aromatic heterocycles. The number of carboxylic acids is 1. The molecule has 0 radical (unpaired) electrons. The maximum Gasteiger partial charge on any atom is 0.316 e. The van der Waals surface area contributed by atoms with Gasteiger partial charge in [0.05, 0.1) is 0 Å². The van der Waals surface area contributed by atoms with Crippen molar-refractivity contribution in [2.45, 2.75) is 59.4 Å². The van der Waals surface area contributed by atoms with Gasteiger partial charge in [0.2, 0.25) is 5.91 Å². The Labute approximate surface area is 116 Å². The first-order chi connectivity index (χ1) is 8.66. The second-order valence-corrected chi connectivity index (χ2v) is 6.92. The molecule has 1 aliphatic rings. The van der Waals surface area contributed by atoms with Gasteiger partial charge < -0.3 is 10.0 Å². The van der Waals surface area contributed by atoms with Crippen molar-refractivity contribution in [3.63, 3.8) is 0 Å². The molecule has 0 heterocycles. The number of rotatable bonds is 3. The Morgan fingerprint density at radius 1 is 1.21 bits per heavy atom. The first kappa shape index (κ1) is 16.0. The van der Waals surface area contributed by atoms with Crippen molar-refractivity contribution in [2.75, 3.05) is 7.05 Å². The van der Waals surface area contributed by atoms with Crippen LogP contribution in [0.4, 0.5) is 0 Å². The molecule has 4 heteroatoms. The van der Waals surface area contributed by atoms with E-state index in [2.05, 4.69) is 6.92 Å². The number of carbonyl (C=O) groups excluding carboxylic acids is 1. The number of hydrogen-bond acceptors (Lipinski definition) is 2. The van der Waals surface area contributed by atoms with Crippen molar-refractivity contribution >= 4 is 11.9 Å². The van der Waals surface area contributed by atoms with E-state index < -0.39 is 17.3 Å². The average Bonchev–Trinajstić information content (AvgIpc) is 2.26. The minimum Gasteiger partial charge on any atom is -0.481 e. The van der Waals surface area contributed by atoms with E-state index in [1.54, 1.807) is 11.9 Å². The molecule has 1 amide bonds. The summed E-state index contributed by atoms with van der Waals surface area (Å²) < 4.78 is 0. The van der Waals surface area contributed by atoms with Crippen molar-refractivity contribution in [3.05, 3.63) is 0 Å². The molecule has 3 unspecified atom stereocenters. The summed E-state index contributed by atoms with van der Waals surface area (Å²) in [5.74, 6) is -1.78. The van der Waals surface area contributed by atoms with Gasteiger partial charge in [-0.2, -0.15) is 0 Å². The monoisotopic (exact) mass is 269 g/mol. The third-order valence-electron chi connectivity index (χ3n) is 4.27. The second-order valence-electron chi connectivity index (χ2n) is 6.92. The molecule has 0 saturated heterocycles. The van der Waals surface area contributed by atoms with Gasteiger partial charge in [-0.1, -0.05) is 40.5 Å². The maximum absolute atomic E-state index is 12.5. The fourth-order valence-electron chi connectivity index (χ4n) is 3.09. The zero-order chi connectivity index (χ0) is 14.8. The molecule has 3 atom stereocenters. The Morgan fingerprint density at radius 2 is 1.74 bits per heavy atom. The first-order valence-electron chi connectivity index (χ1n) is 7.15. The van der Waals surface area contributed by atoms with E-state index in [1.807, 2.05) is 20.8 Å². The maximum atomic E-state index is 12.5. The lowest BCUT2D eigenvalue weighted by atomic mass is 9.78. The summed E-state index contributed by atoms with van der Waals surface area (Å²) in [5, 5.41) is 9.34. The lowest BCUT2D eigenvalue weighted by Crippen LogP contribution is -2.50. The third kappa shape index (κ3) is 3.71. The van der Waals surface area contributed by atoms with E-state index in [0.717, 1.165) is 19.3 Å². The van der Waals surface area contributed by atoms with Crippen molar-refractivity contribution in [2.24, 2.45) is 17.3 Å². The van der Waals surface area contributed by atoms with Crippen LogP contribution < -0.4 is 0 Å². The number of amides is 1. The predicted octanol–water partition coefficient (Wildman–Crippen LogP) is 2.77. The fourth-order valence-corrected chi connectivity index (χ4v) is 3.09. The molecular weight excluding hydrogens is 242 g/mol. The molecule has 1 aliphatic carbocycles. The smallest absolute Gasteiger partial charge is 0.316 e. The fraction of sp³-hybridized carbons (Fsp3) is 0.867. The molecule has 0 aliphatic heterocycles. The molecule has 1 fully saturated rings. The second kappa shape index (κ2) is 5.93. The topological polar surface area (TPSA) is 57.6 Å². The van der Waals surface area contributed by atoms with Crippen LogP contribution in [0, 0.1) is 17.3 Å². The minimum absolute atomic E-state index is 0.186. The van der Waals surface area contributed by atoms with Gasteiger partial charge in [0.15, 0.2) is 0 Å². The number of hydrogen-bond donors (Lipinski definition) is 1. The zero-order valence-corrected chi connectivity index (χ0v) is 12.8. The molecule has 1 saturated carbocycles. The molecular formula is C15H27NO3. The van der Waals surface area contributed by atoms with Gasteiger partial charge in [0, 0.05) is 13.1 Å². The van der Waals surface area contributed by atoms with Gasteiger partial charge in [-0.3, -0.25) is 9.59 Å². The van der Waals surface area contributed by atoms with Gasteiger partial charge >= 0.3 is 5.97 Å².